The van der Waals surface area contributed by atoms with Crippen molar-refractivity contribution in [3.05, 3.63) is 69.0 Å². The number of aromatic nitrogens is 3. The molecule has 0 aliphatic carbocycles. The highest BCUT2D eigenvalue weighted by Gasteiger charge is 2.45. The Kier molecular flexibility index (Phi) is 8.37. The number of benzene rings is 1. The highest BCUT2D eigenvalue weighted by Crippen LogP contribution is 2.40. The first-order chi connectivity index (χ1) is 18.5. The number of H-pyrrole nitrogens is 1. The Morgan fingerprint density at radius 3 is 2.64 bits per heavy atom. The van der Waals surface area contributed by atoms with Crippen molar-refractivity contribution in [1.82, 2.24) is 20.1 Å². The van der Waals surface area contributed by atoms with Crippen LogP contribution in [0.4, 0.5) is 20.4 Å². The van der Waals surface area contributed by atoms with Gasteiger partial charge in [0.05, 0.1) is 16.0 Å². The molecule has 4 rings (SSSR count). The second-order valence-corrected chi connectivity index (χ2v) is 10.7. The summed E-state index contributed by atoms with van der Waals surface area (Å²) in [5.41, 5.74) is 0.565. The Balaban J connectivity index is 1.66. The van der Waals surface area contributed by atoms with Crippen LogP contribution in [0.25, 0.3) is 0 Å². The quantitative estimate of drug-likeness (QED) is 0.276. The average molecular weight is 560 g/mol. The largest absolute Gasteiger partial charge is 0.481 e. The van der Waals surface area contributed by atoms with Crippen LogP contribution < -0.4 is 5.32 Å². The number of anilines is 2. The van der Waals surface area contributed by atoms with Crippen molar-refractivity contribution in [3.63, 3.8) is 0 Å². The third-order valence-electron chi connectivity index (χ3n) is 7.59. The van der Waals surface area contributed by atoms with Gasteiger partial charge < -0.3 is 10.4 Å². The Hall–Kier alpha value is -3.37. The van der Waals surface area contributed by atoms with Crippen LogP contribution >= 0.6 is 11.6 Å². The molecule has 1 aliphatic heterocycles. The maximum Gasteiger partial charge on any atom is 0.310 e. The first kappa shape index (κ1) is 28.6. The van der Waals surface area contributed by atoms with Gasteiger partial charge in [0.2, 0.25) is 0 Å². The molecule has 39 heavy (non-hydrogen) atoms. The minimum atomic E-state index is -1.20. The fourth-order valence-electron chi connectivity index (χ4n) is 5.31. The summed E-state index contributed by atoms with van der Waals surface area (Å²) < 4.78 is 30.0. The number of carbonyl (C=O) groups is 2. The summed E-state index contributed by atoms with van der Waals surface area (Å²) in [6.07, 6.45) is 0.627. The molecule has 3 N–H and O–H groups in total. The number of Topliss-reactive ketones (excluding diaryl/α,β-unsaturated/α-hetero) is 1. The number of hydrogen-bond acceptors (Lipinski definition) is 6. The molecule has 8 nitrogen and oxygen atoms in total. The fourth-order valence-corrected chi connectivity index (χ4v) is 5.51. The number of pyridine rings is 1. The molecule has 3 aromatic rings. The molecule has 0 unspecified atom stereocenters. The first-order valence-corrected chi connectivity index (χ1v) is 13.2. The van der Waals surface area contributed by atoms with Crippen LogP contribution in [0.1, 0.15) is 66.0 Å². The van der Waals surface area contributed by atoms with Crippen molar-refractivity contribution in [3.8, 4) is 0 Å². The molecule has 208 valence electrons. The zero-order chi connectivity index (χ0) is 28.5. The molecule has 11 heteroatoms. The zero-order valence-electron chi connectivity index (χ0n) is 22.4. The summed E-state index contributed by atoms with van der Waals surface area (Å²) in [5.74, 6) is -2.51. The molecule has 0 saturated carbocycles. The van der Waals surface area contributed by atoms with Crippen molar-refractivity contribution in [2.75, 3.05) is 11.9 Å². The van der Waals surface area contributed by atoms with E-state index in [-0.39, 0.29) is 48.1 Å². The molecule has 0 bridgehead atoms. The molecular formula is C28H32ClF2N5O3. The van der Waals surface area contributed by atoms with E-state index in [1.54, 1.807) is 39.0 Å². The van der Waals surface area contributed by atoms with E-state index in [9.17, 15) is 19.1 Å². The molecule has 0 amide bonds. The molecular weight excluding hydrogens is 528 g/mol. The molecule has 1 aliphatic rings. The van der Waals surface area contributed by atoms with Gasteiger partial charge in [0.15, 0.2) is 23.2 Å². The molecule has 2 atom stereocenters. The predicted octanol–water partition coefficient (Wildman–Crippen LogP) is 5.99. The number of carbonyl (C=O) groups excluding carboxylic acids is 1. The number of carboxylic acids is 1. The maximum absolute atomic E-state index is 15.5. The van der Waals surface area contributed by atoms with Crippen molar-refractivity contribution in [2.45, 2.75) is 66.0 Å². The minimum absolute atomic E-state index is 0.0103. The minimum Gasteiger partial charge on any atom is -0.481 e. The lowest BCUT2D eigenvalue weighted by atomic mass is 9.71. The lowest BCUT2D eigenvalue weighted by Crippen LogP contribution is -2.50. The van der Waals surface area contributed by atoms with Crippen molar-refractivity contribution in [1.29, 1.82) is 0 Å². The molecule has 3 heterocycles. The van der Waals surface area contributed by atoms with Crippen LogP contribution in [0.15, 0.2) is 24.3 Å². The number of nitrogens with zero attached hydrogens (tertiary/aromatic N) is 3. The fraction of sp³-hybridized carbons (Fsp3) is 0.429. The number of ketones is 1. The number of nitrogens with one attached hydrogen (secondary N) is 2. The highest BCUT2D eigenvalue weighted by atomic mass is 35.5. The van der Waals surface area contributed by atoms with E-state index in [4.69, 9.17) is 11.6 Å². The third-order valence-corrected chi connectivity index (χ3v) is 7.88. The number of aliphatic carboxylic acids is 1. The third kappa shape index (κ3) is 5.81. The number of hydrogen-bond donors (Lipinski definition) is 3. The van der Waals surface area contributed by atoms with Gasteiger partial charge in [0.1, 0.15) is 5.82 Å². The van der Waals surface area contributed by atoms with Gasteiger partial charge in [-0.15, -0.1) is 0 Å². The van der Waals surface area contributed by atoms with Crippen LogP contribution in [-0.2, 0) is 17.8 Å². The highest BCUT2D eigenvalue weighted by molar-refractivity contribution is 6.30. The van der Waals surface area contributed by atoms with E-state index in [0.29, 0.717) is 35.7 Å². The molecule has 0 radical (unpaired) electrons. The predicted molar refractivity (Wildman–Crippen MR) is 144 cm³/mol. The van der Waals surface area contributed by atoms with Gasteiger partial charge >= 0.3 is 5.97 Å². The number of rotatable bonds is 9. The topological polar surface area (TPSA) is 111 Å². The van der Waals surface area contributed by atoms with Gasteiger partial charge in [-0.1, -0.05) is 30.7 Å². The number of halogens is 3. The van der Waals surface area contributed by atoms with E-state index in [0.717, 1.165) is 5.69 Å². The number of piperidine rings is 1. The summed E-state index contributed by atoms with van der Waals surface area (Å²) in [6.45, 7) is 7.64. The molecule has 0 spiro atoms. The van der Waals surface area contributed by atoms with Gasteiger partial charge in [0, 0.05) is 48.4 Å². The smallest absolute Gasteiger partial charge is 0.310 e. The SMILES string of the molecule is CCC(=O)c1c(C)c(C[C@@]2(C(=O)O)CCN(Cc3cccc(Cl)c3F)[C@H](C)C2)nc(Nc2cc(C)[nH]n2)c1F. The van der Waals surface area contributed by atoms with Gasteiger partial charge in [-0.3, -0.25) is 19.6 Å². The van der Waals surface area contributed by atoms with E-state index < -0.39 is 28.8 Å². The summed E-state index contributed by atoms with van der Waals surface area (Å²) in [7, 11) is 0. The average Bonchev–Trinajstić information content (AvgIpc) is 3.30. The first-order valence-electron chi connectivity index (χ1n) is 12.9. The van der Waals surface area contributed by atoms with Crippen molar-refractivity contribution in [2.24, 2.45) is 5.41 Å². The molecule has 2 aromatic heterocycles. The number of carboxylic acid groups (broad SMARTS) is 1. The Morgan fingerprint density at radius 1 is 1.28 bits per heavy atom. The lowest BCUT2D eigenvalue weighted by Gasteiger charge is -2.43. The molecule has 1 saturated heterocycles. The summed E-state index contributed by atoms with van der Waals surface area (Å²) in [4.78, 5) is 32.0. The Morgan fingerprint density at radius 2 is 2.03 bits per heavy atom. The van der Waals surface area contributed by atoms with Crippen molar-refractivity contribution < 1.29 is 23.5 Å². The van der Waals surface area contributed by atoms with Crippen LogP contribution in [0.3, 0.4) is 0 Å². The number of aryl methyl sites for hydroxylation is 1. The second kappa shape index (κ2) is 11.4. The van der Waals surface area contributed by atoms with E-state index in [1.165, 1.54) is 6.07 Å². The maximum atomic E-state index is 15.5. The lowest BCUT2D eigenvalue weighted by molar-refractivity contribution is -0.153. The summed E-state index contributed by atoms with van der Waals surface area (Å²) in [5, 5.41) is 20.1. The standard InChI is InChI=1S/C28H32ClF2N5O3/c1-5-21(37)23-17(4)20(32-26(25(23)31)33-22-11-15(2)34-35-22)13-28(27(38)39)9-10-36(16(3)12-28)14-18-7-6-8-19(29)24(18)30/h6-8,11,16H,5,9-10,12-14H2,1-4H3,(H,38,39)(H2,32,33,34,35)/t16-,28-/m1/s1. The van der Waals surface area contributed by atoms with Gasteiger partial charge in [-0.2, -0.15) is 5.10 Å². The molecule has 1 fully saturated rings. The Labute approximate surface area is 230 Å². The summed E-state index contributed by atoms with van der Waals surface area (Å²) >= 11 is 5.94. The van der Waals surface area contributed by atoms with Crippen LogP contribution in [0.2, 0.25) is 5.02 Å². The zero-order valence-corrected chi connectivity index (χ0v) is 23.1. The second-order valence-electron chi connectivity index (χ2n) is 10.3. The summed E-state index contributed by atoms with van der Waals surface area (Å²) in [6, 6.07) is 6.31. The molecule has 1 aromatic carbocycles. The Bertz CT molecular complexity index is 1410. The van der Waals surface area contributed by atoms with E-state index in [2.05, 4.69) is 20.5 Å². The monoisotopic (exact) mass is 559 g/mol. The number of likely N-dealkylation sites (tertiary alicyclic amines) is 1. The normalized spacial score (nSPS) is 19.7. The van der Waals surface area contributed by atoms with Crippen LogP contribution in [0, 0.1) is 30.9 Å². The van der Waals surface area contributed by atoms with Gasteiger partial charge in [-0.25, -0.2) is 13.8 Å². The van der Waals surface area contributed by atoms with Gasteiger partial charge in [-0.05, 0) is 51.8 Å². The van der Waals surface area contributed by atoms with E-state index >= 15 is 4.39 Å². The van der Waals surface area contributed by atoms with E-state index in [1.807, 2.05) is 11.8 Å². The van der Waals surface area contributed by atoms with Crippen molar-refractivity contribution >= 4 is 35.0 Å². The van der Waals surface area contributed by atoms with Crippen LogP contribution in [-0.4, -0.2) is 49.5 Å². The van der Waals surface area contributed by atoms with Gasteiger partial charge in [0.25, 0.3) is 0 Å². The van der Waals surface area contributed by atoms with Crippen LogP contribution in [0.5, 0.6) is 0 Å². The number of aromatic amines is 1.